The summed E-state index contributed by atoms with van der Waals surface area (Å²) < 4.78 is 0. The van der Waals surface area contributed by atoms with Crippen molar-refractivity contribution >= 4 is 23.9 Å². The molecule has 0 fully saturated rings. The molecular formula is C11H14N2O2. The van der Waals surface area contributed by atoms with Crippen LogP contribution in [0.5, 0.6) is 0 Å². The van der Waals surface area contributed by atoms with Crippen LogP contribution in [0.3, 0.4) is 0 Å². The van der Waals surface area contributed by atoms with Gasteiger partial charge >= 0.3 is 0 Å². The molecule has 4 nitrogen and oxygen atoms in total. The number of anilines is 2. The summed E-state index contributed by atoms with van der Waals surface area (Å²) in [6.07, 6.45) is 1.62. The van der Waals surface area contributed by atoms with Gasteiger partial charge in [-0.1, -0.05) is 6.07 Å². The van der Waals surface area contributed by atoms with Crippen LogP contribution in [-0.4, -0.2) is 25.7 Å². The van der Waals surface area contributed by atoms with Crippen molar-refractivity contribution in [2.75, 3.05) is 23.7 Å². The van der Waals surface area contributed by atoms with E-state index >= 15 is 0 Å². The van der Waals surface area contributed by atoms with Gasteiger partial charge in [-0.15, -0.1) is 0 Å². The minimum atomic E-state index is 0.290. The topological polar surface area (TPSA) is 58.2 Å². The van der Waals surface area contributed by atoms with Crippen molar-refractivity contribution in [2.24, 2.45) is 0 Å². The van der Waals surface area contributed by atoms with E-state index in [1.807, 2.05) is 25.1 Å². The molecule has 0 atom stereocenters. The van der Waals surface area contributed by atoms with Gasteiger partial charge in [0.15, 0.2) is 0 Å². The van der Waals surface area contributed by atoms with Crippen LogP contribution >= 0.6 is 0 Å². The minimum absolute atomic E-state index is 0.290. The van der Waals surface area contributed by atoms with Gasteiger partial charge in [0, 0.05) is 11.4 Å². The van der Waals surface area contributed by atoms with Crippen LogP contribution in [0.4, 0.5) is 11.4 Å². The first kappa shape index (κ1) is 11.2. The van der Waals surface area contributed by atoms with Crippen molar-refractivity contribution in [3.63, 3.8) is 0 Å². The highest BCUT2D eigenvalue weighted by Gasteiger charge is 2.01. The summed E-state index contributed by atoms with van der Waals surface area (Å²) in [6.45, 7) is 2.51. The van der Waals surface area contributed by atoms with Crippen LogP contribution in [0, 0.1) is 6.92 Å². The van der Waals surface area contributed by atoms with Gasteiger partial charge in [-0.05, 0) is 24.6 Å². The number of hydrogen-bond acceptors (Lipinski definition) is 4. The maximum atomic E-state index is 10.2. The zero-order valence-electron chi connectivity index (χ0n) is 8.62. The molecule has 0 aromatic heterocycles. The second kappa shape index (κ2) is 5.80. The monoisotopic (exact) mass is 206 g/mol. The van der Waals surface area contributed by atoms with Crippen LogP contribution in [0.15, 0.2) is 18.2 Å². The highest BCUT2D eigenvalue weighted by atomic mass is 16.1. The number of carbonyl (C=O) groups excluding carboxylic acids is 2. The normalized spacial score (nSPS) is 9.40. The first-order valence-electron chi connectivity index (χ1n) is 4.74. The molecule has 80 valence electrons. The molecule has 4 heteroatoms. The summed E-state index contributed by atoms with van der Waals surface area (Å²) in [5.74, 6) is 0. The zero-order valence-corrected chi connectivity index (χ0v) is 8.62. The molecule has 0 aliphatic rings. The number of carbonyl (C=O) groups is 2. The molecule has 1 aromatic rings. The molecule has 0 spiro atoms. The van der Waals surface area contributed by atoms with Crippen molar-refractivity contribution in [3.05, 3.63) is 23.8 Å². The molecule has 0 saturated carbocycles. The Balaban J connectivity index is 2.79. The predicted octanol–water partition coefficient (Wildman–Crippen LogP) is 1.22. The van der Waals surface area contributed by atoms with E-state index in [4.69, 9.17) is 0 Å². The smallest absolute Gasteiger partial charge is 0.139 e. The number of aldehydes is 2. The van der Waals surface area contributed by atoms with Crippen LogP contribution in [0.25, 0.3) is 0 Å². The van der Waals surface area contributed by atoms with E-state index in [0.29, 0.717) is 0 Å². The van der Waals surface area contributed by atoms with Crippen LogP contribution < -0.4 is 10.6 Å². The van der Waals surface area contributed by atoms with Gasteiger partial charge in [-0.2, -0.15) is 0 Å². The average Bonchev–Trinajstić information content (AvgIpc) is 2.26. The first-order valence-corrected chi connectivity index (χ1v) is 4.74. The standard InChI is InChI=1S/C11H14N2O2/c1-9-10(12-5-7-14)3-2-4-11(9)13-6-8-15/h2-4,7-8,12-13H,5-6H2,1H3. The molecule has 15 heavy (non-hydrogen) atoms. The lowest BCUT2D eigenvalue weighted by Gasteiger charge is -2.12. The Morgan fingerprint density at radius 1 is 1.07 bits per heavy atom. The molecule has 1 rings (SSSR count). The molecule has 0 unspecified atom stereocenters. The van der Waals surface area contributed by atoms with Crippen molar-refractivity contribution in [2.45, 2.75) is 6.92 Å². The molecule has 0 radical (unpaired) electrons. The number of benzene rings is 1. The molecule has 0 saturated heterocycles. The molecule has 0 aliphatic carbocycles. The summed E-state index contributed by atoms with van der Waals surface area (Å²) in [4.78, 5) is 20.4. The number of rotatable bonds is 6. The maximum Gasteiger partial charge on any atom is 0.139 e. The largest absolute Gasteiger partial charge is 0.378 e. The first-order chi connectivity index (χ1) is 7.29. The van der Waals surface area contributed by atoms with Gasteiger partial charge in [-0.25, -0.2) is 0 Å². The Bertz CT molecular complexity index is 320. The summed E-state index contributed by atoms with van der Waals surface area (Å²) in [5.41, 5.74) is 2.80. The van der Waals surface area contributed by atoms with E-state index in [1.165, 1.54) is 0 Å². The minimum Gasteiger partial charge on any atom is -0.378 e. The molecule has 0 amide bonds. The Labute approximate surface area is 88.7 Å². The fraction of sp³-hybridized carbons (Fsp3) is 0.273. The van der Waals surface area contributed by atoms with Gasteiger partial charge in [0.1, 0.15) is 12.6 Å². The summed E-state index contributed by atoms with van der Waals surface area (Å²) in [7, 11) is 0. The van der Waals surface area contributed by atoms with Gasteiger partial charge < -0.3 is 20.2 Å². The molecule has 0 aliphatic heterocycles. The Morgan fingerprint density at radius 3 is 1.93 bits per heavy atom. The van der Waals surface area contributed by atoms with Crippen LogP contribution in [0.2, 0.25) is 0 Å². The van der Waals surface area contributed by atoms with Gasteiger partial charge in [0.25, 0.3) is 0 Å². The molecule has 2 N–H and O–H groups in total. The lowest BCUT2D eigenvalue weighted by molar-refractivity contribution is -0.107. The van der Waals surface area contributed by atoms with E-state index in [-0.39, 0.29) is 13.1 Å². The van der Waals surface area contributed by atoms with E-state index in [1.54, 1.807) is 0 Å². The predicted molar refractivity (Wildman–Crippen MR) is 60.3 cm³/mol. The fourth-order valence-electron chi connectivity index (χ4n) is 1.32. The van der Waals surface area contributed by atoms with E-state index in [9.17, 15) is 9.59 Å². The molecular weight excluding hydrogens is 192 g/mol. The third-order valence-corrected chi connectivity index (χ3v) is 2.09. The Hall–Kier alpha value is -1.84. The Kier molecular flexibility index (Phi) is 4.34. The van der Waals surface area contributed by atoms with Crippen molar-refractivity contribution in [1.29, 1.82) is 0 Å². The average molecular weight is 206 g/mol. The Morgan fingerprint density at radius 2 is 1.53 bits per heavy atom. The second-order valence-corrected chi connectivity index (χ2v) is 3.07. The quantitative estimate of drug-likeness (QED) is 0.687. The van der Waals surface area contributed by atoms with Crippen molar-refractivity contribution < 1.29 is 9.59 Å². The summed E-state index contributed by atoms with van der Waals surface area (Å²) in [5, 5.41) is 5.97. The summed E-state index contributed by atoms with van der Waals surface area (Å²) in [6, 6.07) is 5.66. The van der Waals surface area contributed by atoms with Crippen LogP contribution in [-0.2, 0) is 9.59 Å². The lowest BCUT2D eigenvalue weighted by Crippen LogP contribution is -2.07. The van der Waals surface area contributed by atoms with Gasteiger partial charge in [0.05, 0.1) is 13.1 Å². The third-order valence-electron chi connectivity index (χ3n) is 2.09. The van der Waals surface area contributed by atoms with Gasteiger partial charge in [-0.3, -0.25) is 0 Å². The number of hydrogen-bond donors (Lipinski definition) is 2. The SMILES string of the molecule is Cc1c(NCC=O)cccc1NCC=O. The highest BCUT2D eigenvalue weighted by molar-refractivity contribution is 5.70. The summed E-state index contributed by atoms with van der Waals surface area (Å²) >= 11 is 0. The van der Waals surface area contributed by atoms with Crippen molar-refractivity contribution in [1.82, 2.24) is 0 Å². The molecule has 1 aromatic carbocycles. The molecule has 0 heterocycles. The highest BCUT2D eigenvalue weighted by Crippen LogP contribution is 2.22. The lowest BCUT2D eigenvalue weighted by atomic mass is 10.1. The van der Waals surface area contributed by atoms with Gasteiger partial charge in [0.2, 0.25) is 0 Å². The van der Waals surface area contributed by atoms with E-state index < -0.39 is 0 Å². The van der Waals surface area contributed by atoms with E-state index in [2.05, 4.69) is 10.6 Å². The van der Waals surface area contributed by atoms with Crippen molar-refractivity contribution in [3.8, 4) is 0 Å². The second-order valence-electron chi connectivity index (χ2n) is 3.07. The van der Waals surface area contributed by atoms with E-state index in [0.717, 1.165) is 29.5 Å². The van der Waals surface area contributed by atoms with Crippen LogP contribution in [0.1, 0.15) is 5.56 Å². The molecule has 0 bridgehead atoms. The zero-order chi connectivity index (χ0) is 11.1. The maximum absolute atomic E-state index is 10.2. The third kappa shape index (κ3) is 3.09. The fourth-order valence-corrected chi connectivity index (χ4v) is 1.32. The number of nitrogens with one attached hydrogen (secondary N) is 2.